The molecule has 3 N–H and O–H groups in total. The largest absolute Gasteiger partial charge is 0.396 e. The Balaban J connectivity index is 0.00000320. The van der Waals surface area contributed by atoms with E-state index in [1.165, 1.54) is 44.9 Å². The number of amides is 1. The van der Waals surface area contributed by atoms with Gasteiger partial charge in [-0.15, -0.1) is 0 Å². The molecule has 0 atom stereocenters. The summed E-state index contributed by atoms with van der Waals surface area (Å²) in [6.07, 6.45) is 13.0. The smallest absolute Gasteiger partial charge is 0.252 e. The van der Waals surface area contributed by atoms with Crippen LogP contribution in [0.1, 0.15) is 80.1 Å². The summed E-state index contributed by atoms with van der Waals surface area (Å²) < 4.78 is 0. The molecule has 0 aromatic heterocycles. The van der Waals surface area contributed by atoms with E-state index in [-0.39, 0.29) is 19.9 Å². The average molecular weight is 435 g/mol. The van der Waals surface area contributed by atoms with Crippen LogP contribution >= 0.6 is 11.6 Å². The summed E-state index contributed by atoms with van der Waals surface area (Å²) in [5.74, 6) is 0.847. The molecule has 2 aliphatic carbocycles. The van der Waals surface area contributed by atoms with Gasteiger partial charge in [0.2, 0.25) is 0 Å². The zero-order valence-electron chi connectivity index (χ0n) is 18.4. The van der Waals surface area contributed by atoms with Gasteiger partial charge in [-0.2, -0.15) is 0 Å². The van der Waals surface area contributed by atoms with Gasteiger partial charge in [-0.1, -0.05) is 50.8 Å². The molecular formula is C25H39ClN2O2. The van der Waals surface area contributed by atoms with Crippen LogP contribution in [-0.2, 0) is 6.42 Å². The first-order valence-corrected chi connectivity index (χ1v) is 11.9. The number of hydrogen-bond acceptors (Lipinski definition) is 3. The molecule has 2 saturated carbocycles. The molecule has 1 aromatic carbocycles. The summed E-state index contributed by atoms with van der Waals surface area (Å²) >= 11 is 6.35. The lowest BCUT2D eigenvalue weighted by Crippen LogP contribution is -2.43. The maximum Gasteiger partial charge on any atom is 0.252 e. The fourth-order valence-corrected chi connectivity index (χ4v) is 5.44. The Labute approximate surface area is 188 Å². The Morgan fingerprint density at radius 3 is 2.60 bits per heavy atom. The van der Waals surface area contributed by atoms with Gasteiger partial charge in [0.05, 0.1) is 10.6 Å². The predicted molar refractivity (Wildman–Crippen MR) is 125 cm³/mol. The molecule has 0 heterocycles. The first-order valence-electron chi connectivity index (χ1n) is 11.5. The van der Waals surface area contributed by atoms with Gasteiger partial charge in [0.15, 0.2) is 0 Å². The van der Waals surface area contributed by atoms with E-state index in [9.17, 15) is 4.79 Å². The molecule has 5 heteroatoms. The number of unbranched alkanes of at least 4 members (excludes halogenated alkanes) is 1. The molecule has 2 radical (unpaired) electrons. The fraction of sp³-hybridized carbons (Fsp3) is 0.680. The predicted octanol–water partition coefficient (Wildman–Crippen LogP) is 5.05. The number of aliphatic hydroxyl groups excluding tert-OH is 1. The Bertz CT molecular complexity index is 655. The van der Waals surface area contributed by atoms with Crippen molar-refractivity contribution in [3.05, 3.63) is 41.8 Å². The minimum Gasteiger partial charge on any atom is -0.396 e. The Hall–Kier alpha value is -1.10. The van der Waals surface area contributed by atoms with Crippen LogP contribution in [0.3, 0.4) is 0 Å². The van der Waals surface area contributed by atoms with Crippen LogP contribution in [0.25, 0.3) is 0 Å². The van der Waals surface area contributed by atoms with Crippen LogP contribution in [0, 0.1) is 18.8 Å². The summed E-state index contributed by atoms with van der Waals surface area (Å²) in [7, 11) is 0. The number of aryl methyl sites for hydroxylation is 1. The lowest BCUT2D eigenvalue weighted by Gasteiger charge is -2.45. The van der Waals surface area contributed by atoms with E-state index < -0.39 is 0 Å². The molecule has 168 valence electrons. The summed E-state index contributed by atoms with van der Waals surface area (Å²) in [6, 6.07) is 5.85. The first-order chi connectivity index (χ1) is 14.1. The highest BCUT2D eigenvalue weighted by Crippen LogP contribution is 2.48. The Kier molecular flexibility index (Phi) is 10.6. The van der Waals surface area contributed by atoms with E-state index in [0.29, 0.717) is 16.0 Å². The van der Waals surface area contributed by atoms with Gasteiger partial charge >= 0.3 is 0 Å². The van der Waals surface area contributed by atoms with E-state index in [2.05, 4.69) is 10.6 Å². The zero-order valence-corrected chi connectivity index (χ0v) is 19.1. The zero-order chi connectivity index (χ0) is 20.5. The highest BCUT2D eigenvalue weighted by Gasteiger charge is 2.39. The molecular weight excluding hydrogens is 396 g/mol. The van der Waals surface area contributed by atoms with Crippen LogP contribution in [0.2, 0.25) is 5.02 Å². The van der Waals surface area contributed by atoms with Gasteiger partial charge in [0, 0.05) is 13.2 Å². The van der Waals surface area contributed by atoms with Crippen LogP contribution < -0.4 is 10.6 Å². The van der Waals surface area contributed by atoms with Crippen LogP contribution in [0.5, 0.6) is 0 Å². The molecule has 2 fully saturated rings. The maximum absolute atomic E-state index is 12.9. The third kappa shape index (κ3) is 7.25. The summed E-state index contributed by atoms with van der Waals surface area (Å²) in [5.41, 5.74) is 2.09. The second kappa shape index (κ2) is 12.7. The minimum absolute atomic E-state index is 0. The van der Waals surface area contributed by atoms with E-state index in [4.69, 9.17) is 16.7 Å². The number of fused-ring (bicyclic) bond motifs is 2. The Morgan fingerprint density at radius 2 is 1.87 bits per heavy atom. The number of rotatable bonds is 11. The number of benzene rings is 1. The lowest BCUT2D eigenvalue weighted by atomic mass is 9.62. The molecule has 2 aliphatic rings. The van der Waals surface area contributed by atoms with Crippen LogP contribution in [0.4, 0.5) is 0 Å². The second-order valence-electron chi connectivity index (χ2n) is 9.14. The minimum atomic E-state index is -0.0268. The van der Waals surface area contributed by atoms with Crippen molar-refractivity contribution >= 4 is 17.5 Å². The van der Waals surface area contributed by atoms with Crippen LogP contribution in [-0.4, -0.2) is 37.3 Å². The number of hydrogen-bond donors (Lipinski definition) is 3. The van der Waals surface area contributed by atoms with Crippen molar-refractivity contribution in [2.75, 3.05) is 26.2 Å². The molecule has 4 nitrogen and oxygen atoms in total. The van der Waals surface area contributed by atoms with Gasteiger partial charge in [-0.05, 0) is 87.1 Å². The van der Waals surface area contributed by atoms with Crippen molar-refractivity contribution in [1.82, 2.24) is 10.6 Å². The monoisotopic (exact) mass is 434 g/mol. The van der Waals surface area contributed by atoms with Crippen molar-refractivity contribution < 1.29 is 9.90 Å². The van der Waals surface area contributed by atoms with Gasteiger partial charge in [-0.25, -0.2) is 0 Å². The second-order valence-corrected chi connectivity index (χ2v) is 9.54. The summed E-state index contributed by atoms with van der Waals surface area (Å²) in [6.45, 7) is 2.94. The number of nitrogens with one attached hydrogen (secondary N) is 2. The van der Waals surface area contributed by atoms with Gasteiger partial charge < -0.3 is 15.7 Å². The SMILES string of the molecule is O=C(NCC12CCCC(CCC1)C2)c1cc(CCCNCCCCO)ccc1Cl.[CH2]. The molecule has 0 unspecified atom stereocenters. The summed E-state index contributed by atoms with van der Waals surface area (Å²) in [4.78, 5) is 12.9. The van der Waals surface area contributed by atoms with Gasteiger partial charge in [0.25, 0.3) is 5.91 Å². The molecule has 3 rings (SSSR count). The van der Waals surface area contributed by atoms with Gasteiger partial charge in [-0.3, -0.25) is 4.79 Å². The summed E-state index contributed by atoms with van der Waals surface area (Å²) in [5, 5.41) is 16.0. The highest BCUT2D eigenvalue weighted by atomic mass is 35.5. The van der Waals surface area contributed by atoms with E-state index in [0.717, 1.165) is 56.8 Å². The topological polar surface area (TPSA) is 61.4 Å². The molecule has 0 saturated heterocycles. The number of halogens is 1. The van der Waals surface area contributed by atoms with E-state index in [1.807, 2.05) is 18.2 Å². The first kappa shape index (κ1) is 25.2. The van der Waals surface area contributed by atoms with E-state index in [1.54, 1.807) is 0 Å². The lowest BCUT2D eigenvalue weighted by molar-refractivity contribution is 0.0681. The van der Waals surface area contributed by atoms with E-state index >= 15 is 0 Å². The molecule has 0 aliphatic heterocycles. The van der Waals surface area contributed by atoms with Crippen molar-refractivity contribution in [2.45, 2.75) is 70.6 Å². The highest BCUT2D eigenvalue weighted by molar-refractivity contribution is 6.33. The third-order valence-corrected chi connectivity index (χ3v) is 7.17. The quantitative estimate of drug-likeness (QED) is 0.427. The van der Waals surface area contributed by atoms with Gasteiger partial charge in [0.1, 0.15) is 0 Å². The number of aliphatic hydroxyl groups is 1. The van der Waals surface area contributed by atoms with Crippen molar-refractivity contribution in [3.63, 3.8) is 0 Å². The average Bonchev–Trinajstić information content (AvgIpc) is 2.72. The maximum atomic E-state index is 12.9. The molecule has 1 aromatic rings. The van der Waals surface area contributed by atoms with Crippen molar-refractivity contribution in [3.8, 4) is 0 Å². The number of carbonyl (C=O) groups is 1. The fourth-order valence-electron chi connectivity index (χ4n) is 5.24. The molecule has 1 amide bonds. The van der Waals surface area contributed by atoms with Crippen molar-refractivity contribution in [1.29, 1.82) is 0 Å². The van der Waals surface area contributed by atoms with Crippen molar-refractivity contribution in [2.24, 2.45) is 11.3 Å². The standard InChI is InChI=1S/C24H37ClN2O2.CH2/c25-22-10-9-19(8-5-14-26-13-1-2-15-28)16-21(22)23(29)27-18-24-11-3-6-20(17-24)7-4-12-24;/h9-10,16,20,26,28H,1-8,11-15,17-18H2,(H,27,29);1H2. The third-order valence-electron chi connectivity index (χ3n) is 6.84. The molecule has 2 bridgehead atoms. The normalized spacial score (nSPS) is 22.9. The van der Waals surface area contributed by atoms with Crippen LogP contribution in [0.15, 0.2) is 18.2 Å². The number of carbonyl (C=O) groups excluding carboxylic acids is 1. The molecule has 30 heavy (non-hydrogen) atoms. The Morgan fingerprint density at radius 1 is 1.13 bits per heavy atom. The molecule has 0 spiro atoms.